The van der Waals surface area contributed by atoms with Crippen LogP contribution < -0.4 is 19.5 Å². The lowest BCUT2D eigenvalue weighted by Gasteiger charge is -2.39. The molecular formula is C29H28N2O6S. The van der Waals surface area contributed by atoms with Crippen LogP contribution in [-0.4, -0.2) is 49.8 Å². The van der Waals surface area contributed by atoms with Crippen LogP contribution >= 0.6 is 12.2 Å². The topological polar surface area (TPSA) is 86.3 Å². The second-order valence-electron chi connectivity index (χ2n) is 8.21. The lowest BCUT2D eigenvalue weighted by atomic mass is 9.90. The van der Waals surface area contributed by atoms with Crippen LogP contribution in [0, 0.1) is 0 Å². The molecule has 9 heteroatoms. The van der Waals surface area contributed by atoms with Crippen molar-refractivity contribution < 1.29 is 28.5 Å². The van der Waals surface area contributed by atoms with Crippen LogP contribution in [0.5, 0.6) is 17.2 Å². The molecule has 0 saturated carbocycles. The number of nitrogens with one attached hydrogen (secondary N) is 1. The van der Waals surface area contributed by atoms with Crippen molar-refractivity contribution in [1.29, 1.82) is 0 Å². The molecule has 38 heavy (non-hydrogen) atoms. The third kappa shape index (κ3) is 5.05. The molecule has 1 aliphatic rings. The molecule has 3 aromatic rings. The van der Waals surface area contributed by atoms with E-state index >= 15 is 0 Å². The molecule has 196 valence electrons. The van der Waals surface area contributed by atoms with Gasteiger partial charge in [-0.3, -0.25) is 9.69 Å². The van der Waals surface area contributed by atoms with Crippen molar-refractivity contribution in [3.05, 3.63) is 95.1 Å². The number of benzene rings is 3. The van der Waals surface area contributed by atoms with Crippen molar-refractivity contribution in [1.82, 2.24) is 10.2 Å². The summed E-state index contributed by atoms with van der Waals surface area (Å²) in [7, 11) is 4.50. The maximum atomic E-state index is 13.9. The zero-order chi connectivity index (χ0) is 27.2. The van der Waals surface area contributed by atoms with Gasteiger partial charge >= 0.3 is 5.97 Å². The van der Waals surface area contributed by atoms with Gasteiger partial charge in [0.1, 0.15) is 0 Å². The highest BCUT2D eigenvalue weighted by molar-refractivity contribution is 7.80. The van der Waals surface area contributed by atoms with Crippen molar-refractivity contribution in [3.8, 4) is 17.2 Å². The van der Waals surface area contributed by atoms with Crippen LogP contribution in [0.4, 0.5) is 0 Å². The summed E-state index contributed by atoms with van der Waals surface area (Å²) in [6.45, 7) is 1.87. The Morgan fingerprint density at radius 3 is 2.00 bits per heavy atom. The largest absolute Gasteiger partial charge is 0.493 e. The molecule has 0 spiro atoms. The number of hydrogen-bond acceptors (Lipinski definition) is 7. The van der Waals surface area contributed by atoms with Crippen LogP contribution in [0.1, 0.15) is 34.5 Å². The molecule has 8 nitrogen and oxygen atoms in total. The summed E-state index contributed by atoms with van der Waals surface area (Å²) in [6, 6.07) is 20.4. The Balaban J connectivity index is 2.05. The fourth-order valence-electron chi connectivity index (χ4n) is 4.38. The fraction of sp³-hybridized carbons (Fsp3) is 0.207. The maximum Gasteiger partial charge on any atom is 0.338 e. The molecule has 1 heterocycles. The SMILES string of the molecule is CCOC(=O)C1=C(c2ccccc2)NC(=S)N(C(=O)c2ccccc2)C1c1cc(OC)c(OC)c(OC)c1. The monoisotopic (exact) mass is 532 g/mol. The normalized spacial score (nSPS) is 15.0. The summed E-state index contributed by atoms with van der Waals surface area (Å²) in [5, 5.41) is 3.26. The summed E-state index contributed by atoms with van der Waals surface area (Å²) in [5.74, 6) is 0.119. The molecule has 1 atom stereocenters. The molecule has 1 amide bonds. The van der Waals surface area contributed by atoms with E-state index in [1.165, 1.54) is 26.2 Å². The predicted octanol–water partition coefficient (Wildman–Crippen LogP) is 4.76. The van der Waals surface area contributed by atoms with Gasteiger partial charge in [-0.25, -0.2) is 4.79 Å². The van der Waals surface area contributed by atoms with Gasteiger partial charge in [0.2, 0.25) is 5.75 Å². The summed E-state index contributed by atoms with van der Waals surface area (Å²) < 4.78 is 22.2. The summed E-state index contributed by atoms with van der Waals surface area (Å²) >= 11 is 5.75. The van der Waals surface area contributed by atoms with E-state index in [0.29, 0.717) is 39.6 Å². The Bertz CT molecular complexity index is 1350. The van der Waals surface area contributed by atoms with Gasteiger partial charge in [-0.15, -0.1) is 0 Å². The van der Waals surface area contributed by atoms with Gasteiger partial charge in [0.05, 0.1) is 45.2 Å². The van der Waals surface area contributed by atoms with E-state index in [4.69, 9.17) is 31.2 Å². The Hall–Kier alpha value is -4.37. The van der Waals surface area contributed by atoms with Gasteiger partial charge in [0.25, 0.3) is 5.91 Å². The van der Waals surface area contributed by atoms with Crippen molar-refractivity contribution in [2.45, 2.75) is 13.0 Å². The van der Waals surface area contributed by atoms with Crippen molar-refractivity contribution in [2.24, 2.45) is 0 Å². The van der Waals surface area contributed by atoms with Gasteiger partial charge in [-0.05, 0) is 54.5 Å². The number of ether oxygens (including phenoxy) is 4. The quantitative estimate of drug-likeness (QED) is 0.328. The van der Waals surface area contributed by atoms with Gasteiger partial charge in [0, 0.05) is 5.56 Å². The average Bonchev–Trinajstić information content (AvgIpc) is 2.96. The first-order valence-electron chi connectivity index (χ1n) is 11.9. The number of methoxy groups -OCH3 is 3. The maximum absolute atomic E-state index is 13.9. The minimum Gasteiger partial charge on any atom is -0.493 e. The van der Waals surface area contributed by atoms with Gasteiger partial charge in [-0.2, -0.15) is 0 Å². The Labute approximate surface area is 226 Å². The zero-order valence-corrected chi connectivity index (χ0v) is 22.3. The molecule has 0 radical (unpaired) electrons. The number of carbonyl (C=O) groups excluding carboxylic acids is 2. The van der Waals surface area contributed by atoms with Crippen LogP contribution in [0.2, 0.25) is 0 Å². The lowest BCUT2D eigenvalue weighted by molar-refractivity contribution is -0.139. The number of nitrogens with zero attached hydrogens (tertiary/aromatic N) is 1. The second-order valence-corrected chi connectivity index (χ2v) is 8.59. The van der Waals surface area contributed by atoms with E-state index in [9.17, 15) is 9.59 Å². The van der Waals surface area contributed by atoms with Gasteiger partial charge in [0.15, 0.2) is 16.6 Å². The Kier molecular flexibility index (Phi) is 8.28. The van der Waals surface area contributed by atoms with E-state index < -0.39 is 17.9 Å². The third-order valence-corrected chi connectivity index (χ3v) is 6.35. The minimum atomic E-state index is -0.973. The van der Waals surface area contributed by atoms with Crippen LogP contribution in [0.25, 0.3) is 5.70 Å². The van der Waals surface area contributed by atoms with E-state index in [2.05, 4.69) is 5.32 Å². The highest BCUT2D eigenvalue weighted by atomic mass is 32.1. The van der Waals surface area contributed by atoms with Crippen LogP contribution in [0.15, 0.2) is 78.4 Å². The molecule has 4 rings (SSSR count). The molecule has 1 unspecified atom stereocenters. The van der Waals surface area contributed by atoms with E-state index in [-0.39, 0.29) is 17.3 Å². The highest BCUT2D eigenvalue weighted by Crippen LogP contribution is 2.45. The van der Waals surface area contributed by atoms with Crippen molar-refractivity contribution in [2.75, 3.05) is 27.9 Å². The second kappa shape index (κ2) is 11.8. The van der Waals surface area contributed by atoms with Gasteiger partial charge < -0.3 is 24.3 Å². The van der Waals surface area contributed by atoms with Crippen molar-refractivity contribution >= 4 is 34.9 Å². The zero-order valence-electron chi connectivity index (χ0n) is 21.5. The molecule has 0 aliphatic carbocycles. The standard InChI is InChI=1S/C29H28N2O6S/c1-5-37-28(33)23-24(18-12-8-6-9-13-18)30-29(38)31(27(32)19-14-10-7-11-15-19)25(23)20-16-21(34-2)26(36-4)22(17-20)35-3/h6-17,25H,5H2,1-4H3,(H,30,38). The van der Waals surface area contributed by atoms with Gasteiger partial charge in [-0.1, -0.05) is 48.5 Å². The van der Waals surface area contributed by atoms with E-state index in [1.807, 2.05) is 36.4 Å². The molecule has 1 aliphatic heterocycles. The van der Waals surface area contributed by atoms with Crippen LogP contribution in [-0.2, 0) is 9.53 Å². The first-order chi connectivity index (χ1) is 18.4. The molecule has 0 fully saturated rings. The molecular weight excluding hydrogens is 504 g/mol. The first kappa shape index (κ1) is 26.7. The molecule has 0 bridgehead atoms. The van der Waals surface area contributed by atoms with E-state index in [1.54, 1.807) is 43.3 Å². The van der Waals surface area contributed by atoms with E-state index in [0.717, 1.165) is 0 Å². The number of hydrogen-bond donors (Lipinski definition) is 1. The number of esters is 1. The Morgan fingerprint density at radius 2 is 1.47 bits per heavy atom. The predicted molar refractivity (Wildman–Crippen MR) is 147 cm³/mol. The minimum absolute atomic E-state index is 0.129. The molecule has 1 N–H and O–H groups in total. The fourth-order valence-corrected chi connectivity index (χ4v) is 4.67. The lowest BCUT2D eigenvalue weighted by Crippen LogP contribution is -2.51. The highest BCUT2D eigenvalue weighted by Gasteiger charge is 2.42. The number of rotatable bonds is 8. The first-order valence-corrected chi connectivity index (χ1v) is 12.3. The molecule has 0 saturated heterocycles. The molecule has 3 aromatic carbocycles. The third-order valence-electron chi connectivity index (χ3n) is 6.05. The summed E-state index contributed by atoms with van der Waals surface area (Å²) in [6.07, 6.45) is 0. The smallest absolute Gasteiger partial charge is 0.338 e. The summed E-state index contributed by atoms with van der Waals surface area (Å²) in [4.78, 5) is 28.9. The van der Waals surface area contributed by atoms with Crippen LogP contribution in [0.3, 0.4) is 0 Å². The number of amides is 1. The average molecular weight is 533 g/mol. The summed E-state index contributed by atoms with van der Waals surface area (Å²) in [5.41, 5.74) is 2.29. The van der Waals surface area contributed by atoms with Crippen molar-refractivity contribution in [3.63, 3.8) is 0 Å². The Morgan fingerprint density at radius 1 is 0.895 bits per heavy atom. The number of thiocarbonyl (C=S) groups is 1. The number of carbonyl (C=O) groups is 2. The molecule has 0 aromatic heterocycles.